The second kappa shape index (κ2) is 12.1. The van der Waals surface area contributed by atoms with Crippen LogP contribution in [-0.2, 0) is 4.79 Å². The number of benzene rings is 3. The molecule has 9 nitrogen and oxygen atoms in total. The highest BCUT2D eigenvalue weighted by atomic mass is 16.5. The van der Waals surface area contributed by atoms with Gasteiger partial charge >= 0.3 is 5.97 Å². The van der Waals surface area contributed by atoms with Crippen LogP contribution in [0.2, 0.25) is 0 Å². The number of esters is 1. The van der Waals surface area contributed by atoms with Crippen LogP contribution in [0.1, 0.15) is 21.5 Å². The average Bonchev–Trinajstić information content (AvgIpc) is 2.87. The fraction of sp³-hybridized carbons (Fsp3) is 0.192. The van der Waals surface area contributed by atoms with Gasteiger partial charge in [-0.05, 0) is 48.9 Å². The van der Waals surface area contributed by atoms with Crippen molar-refractivity contribution in [3.8, 4) is 23.0 Å². The molecule has 0 spiro atoms. The molecule has 0 aliphatic rings. The Labute approximate surface area is 203 Å². The largest absolute Gasteiger partial charge is 0.493 e. The molecule has 0 saturated carbocycles. The summed E-state index contributed by atoms with van der Waals surface area (Å²) < 4.78 is 21.3. The van der Waals surface area contributed by atoms with Crippen molar-refractivity contribution in [2.75, 3.05) is 33.2 Å². The van der Waals surface area contributed by atoms with Gasteiger partial charge in [-0.2, -0.15) is 5.10 Å². The van der Waals surface area contributed by atoms with E-state index < -0.39 is 5.97 Å². The first kappa shape index (κ1) is 25.1. The zero-order valence-electron chi connectivity index (χ0n) is 20.0. The number of rotatable bonds is 10. The van der Waals surface area contributed by atoms with E-state index in [0.29, 0.717) is 28.6 Å². The van der Waals surface area contributed by atoms with Gasteiger partial charge in [0.1, 0.15) is 5.75 Å². The second-order valence-corrected chi connectivity index (χ2v) is 7.39. The minimum Gasteiger partial charge on any atom is -0.493 e. The number of carbonyl (C=O) groups is 2. The molecule has 0 radical (unpaired) electrons. The lowest BCUT2D eigenvalue weighted by atomic mass is 10.1. The first-order chi connectivity index (χ1) is 16.9. The van der Waals surface area contributed by atoms with Crippen LogP contribution in [0.4, 0.5) is 5.69 Å². The molecule has 3 aromatic carbocycles. The van der Waals surface area contributed by atoms with Gasteiger partial charge in [0, 0.05) is 5.69 Å². The molecule has 0 saturated heterocycles. The molecule has 0 unspecified atom stereocenters. The summed E-state index contributed by atoms with van der Waals surface area (Å²) in [6, 6.07) is 17.5. The first-order valence-electron chi connectivity index (χ1n) is 10.7. The summed E-state index contributed by atoms with van der Waals surface area (Å²) in [5, 5.41) is 6.98. The molecule has 3 aromatic rings. The molecule has 0 fully saturated rings. The van der Waals surface area contributed by atoms with E-state index in [-0.39, 0.29) is 18.0 Å². The number of hydrazone groups is 1. The molecule has 0 atom stereocenters. The van der Waals surface area contributed by atoms with Gasteiger partial charge in [0.25, 0.3) is 5.91 Å². The van der Waals surface area contributed by atoms with Crippen molar-refractivity contribution >= 4 is 23.8 Å². The smallest absolute Gasteiger partial charge is 0.343 e. The van der Waals surface area contributed by atoms with Crippen molar-refractivity contribution in [2.45, 2.75) is 6.92 Å². The maximum absolute atomic E-state index is 12.7. The monoisotopic (exact) mass is 477 g/mol. The standard InChI is InChI=1S/C26H27N3O6/c1-17-8-10-20(11-9-17)27-16-24(30)29-28-15-18-6-5-7-21(12-18)35-26(31)19-13-22(32-2)25(34-4)23(14-19)33-3/h5-15,27H,16H2,1-4H3,(H,29,30)/b28-15-. The highest BCUT2D eigenvalue weighted by Gasteiger charge is 2.18. The summed E-state index contributed by atoms with van der Waals surface area (Å²) in [5.74, 6) is 0.459. The van der Waals surface area contributed by atoms with Gasteiger partial charge in [0.2, 0.25) is 5.75 Å². The molecule has 2 N–H and O–H groups in total. The summed E-state index contributed by atoms with van der Waals surface area (Å²) in [6.07, 6.45) is 1.46. The van der Waals surface area contributed by atoms with E-state index in [9.17, 15) is 9.59 Å². The fourth-order valence-corrected chi connectivity index (χ4v) is 3.10. The van der Waals surface area contributed by atoms with E-state index in [1.165, 1.54) is 39.7 Å². The highest BCUT2D eigenvalue weighted by Crippen LogP contribution is 2.38. The average molecular weight is 478 g/mol. The number of hydrogen-bond donors (Lipinski definition) is 2. The molecule has 182 valence electrons. The molecule has 9 heteroatoms. The topological polar surface area (TPSA) is 107 Å². The molecular formula is C26H27N3O6. The Hall–Kier alpha value is -4.53. The molecule has 35 heavy (non-hydrogen) atoms. The van der Waals surface area contributed by atoms with E-state index in [2.05, 4.69) is 15.8 Å². The van der Waals surface area contributed by atoms with E-state index in [0.717, 1.165) is 11.3 Å². The molecule has 3 rings (SSSR count). The predicted molar refractivity (Wildman–Crippen MR) is 133 cm³/mol. The Bertz CT molecular complexity index is 1180. The number of nitrogens with one attached hydrogen (secondary N) is 2. The third-order valence-corrected chi connectivity index (χ3v) is 4.88. The van der Waals surface area contributed by atoms with Crippen LogP contribution in [0.5, 0.6) is 23.0 Å². The third kappa shape index (κ3) is 6.97. The summed E-state index contributed by atoms with van der Waals surface area (Å²) in [6.45, 7) is 2.07. The van der Waals surface area contributed by atoms with Crippen molar-refractivity contribution < 1.29 is 28.5 Å². The normalized spacial score (nSPS) is 10.5. The number of aryl methyl sites for hydroxylation is 1. The zero-order valence-corrected chi connectivity index (χ0v) is 20.0. The Balaban J connectivity index is 1.59. The van der Waals surface area contributed by atoms with E-state index in [1.54, 1.807) is 24.3 Å². The van der Waals surface area contributed by atoms with E-state index in [4.69, 9.17) is 18.9 Å². The molecule has 1 amide bonds. The summed E-state index contributed by atoms with van der Waals surface area (Å²) in [4.78, 5) is 24.7. The minimum absolute atomic E-state index is 0.0762. The molecular weight excluding hydrogens is 450 g/mol. The van der Waals surface area contributed by atoms with Crippen LogP contribution in [0.15, 0.2) is 65.8 Å². The molecule has 0 heterocycles. The van der Waals surface area contributed by atoms with Gasteiger partial charge in [0.15, 0.2) is 11.5 Å². The maximum Gasteiger partial charge on any atom is 0.343 e. The van der Waals surface area contributed by atoms with Gasteiger partial charge in [-0.15, -0.1) is 0 Å². The summed E-state index contributed by atoms with van der Waals surface area (Å²) in [5.41, 5.74) is 5.30. The van der Waals surface area contributed by atoms with Gasteiger partial charge in [-0.1, -0.05) is 29.8 Å². The lowest BCUT2D eigenvalue weighted by molar-refractivity contribution is -0.119. The zero-order chi connectivity index (χ0) is 25.2. The SMILES string of the molecule is COc1cc(C(=O)Oc2cccc(/C=N\NC(=O)CNc3ccc(C)cc3)c2)cc(OC)c1OC. The maximum atomic E-state index is 12.7. The van der Waals surface area contributed by atoms with Gasteiger partial charge in [-0.3, -0.25) is 4.79 Å². The molecule has 0 aromatic heterocycles. The van der Waals surface area contributed by atoms with Crippen molar-refractivity contribution in [1.29, 1.82) is 0 Å². The second-order valence-electron chi connectivity index (χ2n) is 7.39. The fourth-order valence-electron chi connectivity index (χ4n) is 3.10. The van der Waals surface area contributed by atoms with Crippen LogP contribution in [0.3, 0.4) is 0 Å². The Kier molecular flexibility index (Phi) is 8.66. The van der Waals surface area contributed by atoms with Crippen LogP contribution in [-0.4, -0.2) is 46.0 Å². The minimum atomic E-state index is -0.603. The number of ether oxygens (including phenoxy) is 4. The number of anilines is 1. The van der Waals surface area contributed by atoms with Crippen molar-refractivity contribution in [1.82, 2.24) is 5.43 Å². The number of hydrogen-bond acceptors (Lipinski definition) is 8. The van der Waals surface area contributed by atoms with Crippen LogP contribution in [0, 0.1) is 6.92 Å². The highest BCUT2D eigenvalue weighted by molar-refractivity contribution is 5.93. The number of carbonyl (C=O) groups excluding carboxylic acids is 2. The van der Waals surface area contributed by atoms with Gasteiger partial charge < -0.3 is 24.3 Å². The van der Waals surface area contributed by atoms with Crippen molar-refractivity contribution in [3.63, 3.8) is 0 Å². The lowest BCUT2D eigenvalue weighted by Crippen LogP contribution is -2.25. The quantitative estimate of drug-likeness (QED) is 0.198. The molecule has 0 aliphatic carbocycles. The molecule has 0 bridgehead atoms. The lowest BCUT2D eigenvalue weighted by Gasteiger charge is -2.13. The Morgan fingerprint density at radius 2 is 1.60 bits per heavy atom. The summed E-state index contributed by atoms with van der Waals surface area (Å²) in [7, 11) is 4.41. The number of amides is 1. The third-order valence-electron chi connectivity index (χ3n) is 4.88. The Morgan fingerprint density at radius 3 is 2.23 bits per heavy atom. The number of nitrogens with zero attached hydrogens (tertiary/aromatic N) is 1. The van der Waals surface area contributed by atoms with E-state index >= 15 is 0 Å². The van der Waals surface area contributed by atoms with Crippen LogP contribution in [0.25, 0.3) is 0 Å². The van der Waals surface area contributed by atoms with Crippen molar-refractivity contribution in [2.24, 2.45) is 5.10 Å². The van der Waals surface area contributed by atoms with Crippen molar-refractivity contribution in [3.05, 3.63) is 77.4 Å². The predicted octanol–water partition coefficient (Wildman–Crippen LogP) is 3.80. The summed E-state index contributed by atoms with van der Waals surface area (Å²) >= 11 is 0. The van der Waals surface area contributed by atoms with Crippen LogP contribution < -0.4 is 29.7 Å². The first-order valence-corrected chi connectivity index (χ1v) is 10.7. The Morgan fingerprint density at radius 1 is 0.914 bits per heavy atom. The van der Waals surface area contributed by atoms with E-state index in [1.807, 2.05) is 31.2 Å². The van der Waals surface area contributed by atoms with Crippen LogP contribution >= 0.6 is 0 Å². The molecule has 0 aliphatic heterocycles. The van der Waals surface area contributed by atoms with Gasteiger partial charge in [0.05, 0.1) is 39.7 Å². The number of methoxy groups -OCH3 is 3. The van der Waals surface area contributed by atoms with Gasteiger partial charge in [-0.25, -0.2) is 10.2 Å².